The van der Waals surface area contributed by atoms with E-state index in [4.69, 9.17) is 5.11 Å². The minimum absolute atomic E-state index is 0.0185. The number of para-hydroxylation sites is 1. The summed E-state index contributed by atoms with van der Waals surface area (Å²) < 4.78 is 14.4. The second kappa shape index (κ2) is 5.61. The molecule has 7 nitrogen and oxygen atoms in total. The van der Waals surface area contributed by atoms with Gasteiger partial charge in [0.1, 0.15) is 17.2 Å². The lowest BCUT2D eigenvalue weighted by molar-refractivity contribution is -0.137. The minimum Gasteiger partial charge on any atom is -0.481 e. The molecular weight excluding hydrogens is 351 g/mol. The summed E-state index contributed by atoms with van der Waals surface area (Å²) >= 11 is 0. The van der Waals surface area contributed by atoms with Crippen molar-refractivity contribution in [3.63, 3.8) is 0 Å². The smallest absolute Gasteiger partial charge is 0.303 e. The Balaban J connectivity index is 1.54. The Morgan fingerprint density at radius 2 is 2.19 bits per heavy atom. The SMILES string of the molecule is C[C@H]1CCN1c1nc(N2CC3C(CC(=O)O)C3C2=O)c2cccc(F)c2n1. The average Bonchev–Trinajstić information content (AvgIpc) is 3.16. The van der Waals surface area contributed by atoms with Crippen LogP contribution in [-0.2, 0) is 9.59 Å². The summed E-state index contributed by atoms with van der Waals surface area (Å²) in [5.41, 5.74) is 0.215. The predicted molar refractivity (Wildman–Crippen MR) is 96.0 cm³/mol. The van der Waals surface area contributed by atoms with E-state index in [1.165, 1.54) is 6.07 Å². The highest BCUT2D eigenvalue weighted by molar-refractivity contribution is 6.06. The standard InChI is InChI=1S/C19H19FN4O3/c1-9-5-6-23(9)19-21-16-10(3-2-4-13(16)20)17(22-19)24-8-12-11(7-14(25)26)15(12)18(24)27/h2-4,9,11-12,15H,5-8H2,1H3,(H,25,26)/t9-,11?,12?,15?/m0/s1. The Bertz CT molecular complexity index is 981. The van der Waals surface area contributed by atoms with E-state index >= 15 is 0 Å². The van der Waals surface area contributed by atoms with Crippen LogP contribution in [0.2, 0.25) is 0 Å². The van der Waals surface area contributed by atoms with Gasteiger partial charge in [-0.05, 0) is 37.3 Å². The number of benzene rings is 1. The summed E-state index contributed by atoms with van der Waals surface area (Å²) in [5.74, 6) is -0.867. The van der Waals surface area contributed by atoms with Crippen molar-refractivity contribution in [2.24, 2.45) is 17.8 Å². The number of carbonyl (C=O) groups excluding carboxylic acids is 1. The Labute approximate surface area is 154 Å². The van der Waals surface area contributed by atoms with Gasteiger partial charge in [-0.3, -0.25) is 14.5 Å². The molecule has 1 amide bonds. The van der Waals surface area contributed by atoms with Gasteiger partial charge in [-0.25, -0.2) is 9.37 Å². The zero-order valence-corrected chi connectivity index (χ0v) is 14.8. The number of hydrogen-bond acceptors (Lipinski definition) is 5. The van der Waals surface area contributed by atoms with E-state index in [1.54, 1.807) is 17.0 Å². The van der Waals surface area contributed by atoms with Crippen molar-refractivity contribution in [2.45, 2.75) is 25.8 Å². The number of halogens is 1. The van der Waals surface area contributed by atoms with Crippen molar-refractivity contribution in [3.05, 3.63) is 24.0 Å². The lowest BCUT2D eigenvalue weighted by atomic mass is 10.1. The van der Waals surface area contributed by atoms with Crippen molar-refractivity contribution >= 4 is 34.5 Å². The fourth-order valence-electron chi connectivity index (χ4n) is 4.45. The number of anilines is 2. The molecule has 3 heterocycles. The predicted octanol–water partition coefficient (Wildman–Crippen LogP) is 2.05. The van der Waals surface area contributed by atoms with Crippen LogP contribution in [0.15, 0.2) is 18.2 Å². The fourth-order valence-corrected chi connectivity index (χ4v) is 4.45. The molecule has 2 aromatic rings. The van der Waals surface area contributed by atoms with Crippen LogP contribution in [0.25, 0.3) is 10.9 Å². The Morgan fingerprint density at radius 1 is 1.37 bits per heavy atom. The first-order chi connectivity index (χ1) is 13.0. The van der Waals surface area contributed by atoms with Gasteiger partial charge in [0, 0.05) is 36.9 Å². The number of rotatable bonds is 4. The highest BCUT2D eigenvalue weighted by atomic mass is 19.1. The van der Waals surface area contributed by atoms with Gasteiger partial charge in [0.25, 0.3) is 0 Å². The molecule has 8 heteroatoms. The Kier molecular flexibility index (Phi) is 3.41. The normalized spacial score (nSPS) is 29.0. The van der Waals surface area contributed by atoms with Crippen LogP contribution in [0.1, 0.15) is 19.8 Å². The number of amides is 1. The number of fused-ring (bicyclic) bond motifs is 2. The molecule has 3 fully saturated rings. The number of carbonyl (C=O) groups is 2. The third-order valence-corrected chi connectivity index (χ3v) is 6.16. The van der Waals surface area contributed by atoms with Crippen LogP contribution in [0.3, 0.4) is 0 Å². The van der Waals surface area contributed by atoms with Gasteiger partial charge in [-0.15, -0.1) is 0 Å². The second-order valence-corrected chi connectivity index (χ2v) is 7.71. The van der Waals surface area contributed by atoms with Gasteiger partial charge in [0.2, 0.25) is 11.9 Å². The minimum atomic E-state index is -0.877. The van der Waals surface area contributed by atoms with Gasteiger partial charge < -0.3 is 10.0 Å². The number of nitrogens with zero attached hydrogens (tertiary/aromatic N) is 4. The second-order valence-electron chi connectivity index (χ2n) is 7.71. The molecule has 1 saturated carbocycles. The van der Waals surface area contributed by atoms with Gasteiger partial charge >= 0.3 is 5.97 Å². The lowest BCUT2D eigenvalue weighted by Crippen LogP contribution is -2.47. The molecular formula is C19H19FN4O3. The third-order valence-electron chi connectivity index (χ3n) is 6.16. The van der Waals surface area contributed by atoms with E-state index in [9.17, 15) is 14.0 Å². The summed E-state index contributed by atoms with van der Waals surface area (Å²) in [5, 5.41) is 9.49. The number of aromatic nitrogens is 2. The molecule has 3 aliphatic rings. The monoisotopic (exact) mass is 370 g/mol. The molecule has 2 saturated heterocycles. The van der Waals surface area contributed by atoms with Crippen LogP contribution < -0.4 is 9.80 Å². The summed E-state index contributed by atoms with van der Waals surface area (Å²) in [6.45, 7) is 3.30. The van der Waals surface area contributed by atoms with Crippen molar-refractivity contribution < 1.29 is 19.1 Å². The average molecular weight is 370 g/mol. The Hall–Kier alpha value is -2.77. The molecule has 1 aromatic heterocycles. The van der Waals surface area contributed by atoms with E-state index in [-0.39, 0.29) is 41.6 Å². The Morgan fingerprint density at radius 3 is 2.78 bits per heavy atom. The molecule has 3 unspecified atom stereocenters. The molecule has 140 valence electrons. The summed E-state index contributed by atoms with van der Waals surface area (Å²) in [6, 6.07) is 4.95. The van der Waals surface area contributed by atoms with Gasteiger partial charge in [-0.1, -0.05) is 6.07 Å². The van der Waals surface area contributed by atoms with Gasteiger partial charge in [0.15, 0.2) is 0 Å². The van der Waals surface area contributed by atoms with E-state index in [0.717, 1.165) is 13.0 Å². The quantitative estimate of drug-likeness (QED) is 0.886. The number of hydrogen-bond donors (Lipinski definition) is 1. The first kappa shape index (κ1) is 16.4. The molecule has 4 atom stereocenters. The van der Waals surface area contributed by atoms with Crippen molar-refractivity contribution in [1.82, 2.24) is 9.97 Å². The van der Waals surface area contributed by atoms with Crippen LogP contribution >= 0.6 is 0 Å². The largest absolute Gasteiger partial charge is 0.481 e. The van der Waals surface area contributed by atoms with Gasteiger partial charge in [0.05, 0.1) is 0 Å². The number of carboxylic acids is 1. The topological polar surface area (TPSA) is 86.6 Å². The van der Waals surface area contributed by atoms with Crippen LogP contribution in [0, 0.1) is 23.6 Å². The lowest BCUT2D eigenvalue weighted by Gasteiger charge is -2.39. The van der Waals surface area contributed by atoms with E-state index in [1.807, 2.05) is 4.90 Å². The zero-order valence-electron chi connectivity index (χ0n) is 14.8. The maximum Gasteiger partial charge on any atom is 0.303 e. The summed E-state index contributed by atoms with van der Waals surface area (Å²) in [7, 11) is 0. The molecule has 5 rings (SSSR count). The molecule has 1 aromatic carbocycles. The van der Waals surface area contributed by atoms with Crippen LogP contribution in [-0.4, -0.2) is 46.1 Å². The molecule has 2 aliphatic heterocycles. The van der Waals surface area contributed by atoms with Crippen LogP contribution in [0.5, 0.6) is 0 Å². The highest BCUT2D eigenvalue weighted by Gasteiger charge is 2.62. The summed E-state index contributed by atoms with van der Waals surface area (Å²) in [6.07, 6.45) is 1.04. The van der Waals surface area contributed by atoms with Gasteiger partial charge in [-0.2, -0.15) is 4.98 Å². The molecule has 0 radical (unpaired) electrons. The maximum atomic E-state index is 14.4. The molecule has 1 aliphatic carbocycles. The van der Waals surface area contributed by atoms with E-state index in [0.29, 0.717) is 23.7 Å². The van der Waals surface area contributed by atoms with Crippen molar-refractivity contribution in [3.8, 4) is 0 Å². The molecule has 0 bridgehead atoms. The van der Waals surface area contributed by atoms with Crippen molar-refractivity contribution in [1.29, 1.82) is 0 Å². The van der Waals surface area contributed by atoms with Crippen LogP contribution in [0.4, 0.5) is 16.2 Å². The first-order valence-corrected chi connectivity index (χ1v) is 9.22. The summed E-state index contributed by atoms with van der Waals surface area (Å²) in [4.78, 5) is 36.4. The maximum absolute atomic E-state index is 14.4. The highest BCUT2D eigenvalue weighted by Crippen LogP contribution is 2.55. The molecule has 27 heavy (non-hydrogen) atoms. The number of piperidine rings is 1. The number of carboxylic acid groups (broad SMARTS) is 1. The third kappa shape index (κ3) is 2.39. The molecule has 0 spiro atoms. The number of aliphatic carboxylic acids is 1. The first-order valence-electron chi connectivity index (χ1n) is 9.22. The van der Waals surface area contributed by atoms with E-state index < -0.39 is 11.8 Å². The van der Waals surface area contributed by atoms with E-state index in [2.05, 4.69) is 16.9 Å². The fraction of sp³-hybridized carbons (Fsp3) is 0.474. The van der Waals surface area contributed by atoms with Crippen molar-refractivity contribution in [2.75, 3.05) is 22.9 Å². The zero-order chi connectivity index (χ0) is 18.9. The molecule has 1 N–H and O–H groups in total.